The Balaban J connectivity index is 2.49. The number of hydrogen-bond acceptors (Lipinski definition) is 4. The summed E-state index contributed by atoms with van der Waals surface area (Å²) in [4.78, 5) is 0. The first-order valence-corrected chi connectivity index (χ1v) is 5.26. The Morgan fingerprint density at radius 1 is 1.00 bits per heavy atom. The fraction of sp³-hybridized carbons (Fsp3) is 0.200. The molecule has 0 fully saturated rings. The van der Waals surface area contributed by atoms with E-state index in [-0.39, 0.29) is 0 Å². The number of hydrogen-bond donors (Lipinski definition) is 0. The summed E-state index contributed by atoms with van der Waals surface area (Å²) in [6, 6.07) is 5.91. The lowest BCUT2D eigenvalue weighted by molar-refractivity contribution is 0.815. The molecule has 0 aliphatic rings. The summed E-state index contributed by atoms with van der Waals surface area (Å²) >= 11 is 3.41. The highest BCUT2D eigenvalue weighted by molar-refractivity contribution is 9.10. The average Bonchev–Trinajstić information content (AvgIpc) is 2.20. The lowest BCUT2D eigenvalue weighted by atomic mass is 10.1. The molecule has 5 heteroatoms. The van der Waals surface area contributed by atoms with Crippen LogP contribution < -0.4 is 0 Å². The molecule has 0 aliphatic heterocycles. The van der Waals surface area contributed by atoms with Gasteiger partial charge in [0.05, 0.1) is 0 Å². The van der Waals surface area contributed by atoms with Gasteiger partial charge in [-0.2, -0.15) is 0 Å². The highest BCUT2D eigenvalue weighted by atomic mass is 79.9. The zero-order valence-electron chi connectivity index (χ0n) is 8.40. The number of rotatable bonds is 1. The van der Waals surface area contributed by atoms with Crippen molar-refractivity contribution in [2.45, 2.75) is 13.8 Å². The molecular formula is C10H9BrN4. The fourth-order valence-electron chi connectivity index (χ4n) is 1.27. The van der Waals surface area contributed by atoms with Crippen molar-refractivity contribution in [2.75, 3.05) is 0 Å². The number of nitrogens with zero attached hydrogens (tertiary/aromatic N) is 4. The SMILES string of the molecule is Cc1nnc(-c2ccc(Br)cc2C)nn1. The van der Waals surface area contributed by atoms with E-state index < -0.39 is 0 Å². The van der Waals surface area contributed by atoms with Crippen LogP contribution in [0.25, 0.3) is 11.4 Å². The number of aromatic nitrogens is 4. The average molecular weight is 265 g/mol. The smallest absolute Gasteiger partial charge is 0.131 e. The monoisotopic (exact) mass is 264 g/mol. The maximum absolute atomic E-state index is 4.00. The van der Waals surface area contributed by atoms with E-state index in [1.807, 2.05) is 25.1 Å². The predicted octanol–water partition coefficient (Wildman–Crippen LogP) is 2.31. The van der Waals surface area contributed by atoms with Gasteiger partial charge in [0, 0.05) is 10.0 Å². The second-order valence-electron chi connectivity index (χ2n) is 3.23. The summed E-state index contributed by atoms with van der Waals surface area (Å²) in [5.41, 5.74) is 2.05. The van der Waals surface area contributed by atoms with Crippen LogP contribution in [0.3, 0.4) is 0 Å². The second kappa shape index (κ2) is 4.02. The first-order chi connectivity index (χ1) is 7.16. The van der Waals surface area contributed by atoms with E-state index in [9.17, 15) is 0 Å². The Hall–Kier alpha value is -1.36. The third-order valence-electron chi connectivity index (χ3n) is 2.01. The van der Waals surface area contributed by atoms with Crippen molar-refractivity contribution in [3.05, 3.63) is 34.1 Å². The normalized spacial score (nSPS) is 10.3. The van der Waals surface area contributed by atoms with E-state index in [2.05, 4.69) is 36.3 Å². The van der Waals surface area contributed by atoms with Gasteiger partial charge in [0.1, 0.15) is 0 Å². The topological polar surface area (TPSA) is 51.6 Å². The van der Waals surface area contributed by atoms with Crippen LogP contribution in [0.4, 0.5) is 0 Å². The van der Waals surface area contributed by atoms with Crippen LogP contribution in [0.1, 0.15) is 11.4 Å². The first-order valence-electron chi connectivity index (χ1n) is 4.47. The van der Waals surface area contributed by atoms with Crippen molar-refractivity contribution in [1.29, 1.82) is 0 Å². The van der Waals surface area contributed by atoms with Gasteiger partial charge in [-0.15, -0.1) is 20.4 Å². The van der Waals surface area contributed by atoms with Crippen molar-refractivity contribution >= 4 is 15.9 Å². The molecule has 1 aromatic carbocycles. The zero-order chi connectivity index (χ0) is 10.8. The maximum atomic E-state index is 4.00. The summed E-state index contributed by atoms with van der Waals surface area (Å²) < 4.78 is 1.04. The molecule has 0 amide bonds. The van der Waals surface area contributed by atoms with Crippen molar-refractivity contribution < 1.29 is 0 Å². The molecule has 2 aromatic rings. The summed E-state index contributed by atoms with van der Waals surface area (Å²) in [6.45, 7) is 3.77. The third kappa shape index (κ3) is 2.18. The predicted molar refractivity (Wildman–Crippen MR) is 60.2 cm³/mol. The molecule has 2 rings (SSSR count). The number of halogens is 1. The fourth-order valence-corrected chi connectivity index (χ4v) is 1.74. The van der Waals surface area contributed by atoms with Crippen LogP contribution in [-0.4, -0.2) is 20.4 Å². The largest absolute Gasteiger partial charge is 0.203 e. The van der Waals surface area contributed by atoms with E-state index in [1.165, 1.54) is 0 Å². The number of aryl methyl sites for hydroxylation is 2. The van der Waals surface area contributed by atoms with Gasteiger partial charge in [0.2, 0.25) is 5.82 Å². The van der Waals surface area contributed by atoms with Crippen LogP contribution in [0.5, 0.6) is 0 Å². The van der Waals surface area contributed by atoms with E-state index >= 15 is 0 Å². The van der Waals surface area contributed by atoms with Crippen molar-refractivity contribution in [3.63, 3.8) is 0 Å². The van der Waals surface area contributed by atoms with Gasteiger partial charge in [-0.3, -0.25) is 0 Å². The Morgan fingerprint density at radius 2 is 1.67 bits per heavy atom. The van der Waals surface area contributed by atoms with E-state index in [0.717, 1.165) is 15.6 Å². The highest BCUT2D eigenvalue weighted by Crippen LogP contribution is 2.22. The lowest BCUT2D eigenvalue weighted by Crippen LogP contribution is -1.99. The third-order valence-corrected chi connectivity index (χ3v) is 2.50. The van der Waals surface area contributed by atoms with E-state index in [0.29, 0.717) is 11.6 Å². The Morgan fingerprint density at radius 3 is 2.27 bits per heavy atom. The molecule has 76 valence electrons. The molecule has 0 bridgehead atoms. The molecule has 0 unspecified atom stereocenters. The van der Waals surface area contributed by atoms with Crippen LogP contribution in [0, 0.1) is 13.8 Å². The van der Waals surface area contributed by atoms with Gasteiger partial charge in [-0.1, -0.05) is 15.9 Å². The minimum atomic E-state index is 0.561. The molecule has 1 aromatic heterocycles. The molecule has 1 heterocycles. The minimum absolute atomic E-state index is 0.561. The summed E-state index contributed by atoms with van der Waals surface area (Å²) in [6.07, 6.45) is 0. The van der Waals surface area contributed by atoms with Crippen LogP contribution in [0.2, 0.25) is 0 Å². The van der Waals surface area contributed by atoms with Crippen LogP contribution >= 0.6 is 15.9 Å². The minimum Gasteiger partial charge on any atom is -0.131 e. The summed E-state index contributed by atoms with van der Waals surface area (Å²) in [5, 5.41) is 15.8. The highest BCUT2D eigenvalue weighted by Gasteiger charge is 2.06. The molecule has 0 saturated carbocycles. The Kier molecular flexibility index (Phi) is 2.73. The Bertz CT molecular complexity index is 481. The van der Waals surface area contributed by atoms with Crippen LogP contribution in [0.15, 0.2) is 22.7 Å². The van der Waals surface area contributed by atoms with Gasteiger partial charge in [-0.05, 0) is 37.6 Å². The lowest BCUT2D eigenvalue weighted by Gasteiger charge is -2.03. The first kappa shape index (κ1) is 10.2. The van der Waals surface area contributed by atoms with E-state index in [4.69, 9.17) is 0 Å². The van der Waals surface area contributed by atoms with Gasteiger partial charge >= 0.3 is 0 Å². The quantitative estimate of drug-likeness (QED) is 0.793. The second-order valence-corrected chi connectivity index (χ2v) is 4.15. The molecule has 0 aliphatic carbocycles. The number of benzene rings is 1. The molecule has 4 nitrogen and oxygen atoms in total. The zero-order valence-corrected chi connectivity index (χ0v) is 9.98. The summed E-state index contributed by atoms with van der Waals surface area (Å²) in [5.74, 6) is 1.14. The Labute approximate surface area is 95.9 Å². The molecule has 0 saturated heterocycles. The van der Waals surface area contributed by atoms with Crippen molar-refractivity contribution in [2.24, 2.45) is 0 Å². The van der Waals surface area contributed by atoms with Crippen LogP contribution in [-0.2, 0) is 0 Å². The van der Waals surface area contributed by atoms with Crippen molar-refractivity contribution in [1.82, 2.24) is 20.4 Å². The molecule has 0 N–H and O–H groups in total. The van der Waals surface area contributed by atoms with E-state index in [1.54, 1.807) is 6.92 Å². The summed E-state index contributed by atoms with van der Waals surface area (Å²) in [7, 11) is 0. The van der Waals surface area contributed by atoms with Gasteiger partial charge in [0.25, 0.3) is 0 Å². The van der Waals surface area contributed by atoms with Crippen molar-refractivity contribution in [3.8, 4) is 11.4 Å². The van der Waals surface area contributed by atoms with Gasteiger partial charge in [-0.25, -0.2) is 0 Å². The molecule has 0 spiro atoms. The standard InChI is InChI=1S/C10H9BrN4/c1-6-5-8(11)3-4-9(6)10-14-12-7(2)13-15-10/h3-5H,1-2H3. The molecule has 15 heavy (non-hydrogen) atoms. The molecule has 0 atom stereocenters. The van der Waals surface area contributed by atoms with Gasteiger partial charge < -0.3 is 0 Å². The molecular weight excluding hydrogens is 256 g/mol. The maximum Gasteiger partial charge on any atom is 0.203 e. The molecule has 0 radical (unpaired) electrons. The van der Waals surface area contributed by atoms with Gasteiger partial charge in [0.15, 0.2) is 5.82 Å².